The summed E-state index contributed by atoms with van der Waals surface area (Å²) in [4.78, 5) is 13.9. The van der Waals surface area contributed by atoms with Gasteiger partial charge in [0.25, 0.3) is 0 Å². The van der Waals surface area contributed by atoms with E-state index in [1.165, 1.54) is 0 Å². The predicted molar refractivity (Wildman–Crippen MR) is 145 cm³/mol. The topological polar surface area (TPSA) is 57.9 Å². The van der Waals surface area contributed by atoms with Gasteiger partial charge >= 0.3 is 0 Å². The highest BCUT2D eigenvalue weighted by atomic mass is 16.7. The number of rotatable bonds is 6. The van der Waals surface area contributed by atoms with Gasteiger partial charge < -0.3 is 18.9 Å². The average molecular weight is 505 g/mol. The van der Waals surface area contributed by atoms with Crippen LogP contribution in [0.5, 0.6) is 23.0 Å². The quantitative estimate of drug-likeness (QED) is 0.211. The molecule has 0 radical (unpaired) electrons. The van der Waals surface area contributed by atoms with Crippen molar-refractivity contribution < 1.29 is 28.3 Å². The molecule has 6 heteroatoms. The van der Waals surface area contributed by atoms with E-state index in [9.17, 15) is 4.79 Å². The molecule has 0 atom stereocenters. The van der Waals surface area contributed by atoms with Crippen LogP contribution in [0.15, 0.2) is 91.1 Å². The lowest BCUT2D eigenvalue weighted by molar-refractivity contribution is -0.659. The molecule has 188 valence electrons. The molecule has 1 aromatic heterocycles. The number of ketones is 1. The second kappa shape index (κ2) is 9.56. The molecular formula is C32H26NO5+. The minimum atomic E-state index is -0.0923. The Morgan fingerprint density at radius 2 is 1.53 bits per heavy atom. The molecule has 6 nitrogen and oxygen atoms in total. The van der Waals surface area contributed by atoms with Gasteiger partial charge in [-0.25, -0.2) is 4.57 Å². The molecule has 0 unspecified atom stereocenters. The highest BCUT2D eigenvalue weighted by Gasteiger charge is 2.27. The number of aryl methyl sites for hydroxylation is 1. The smallest absolute Gasteiger partial charge is 0.231 e. The van der Waals surface area contributed by atoms with Gasteiger partial charge in [-0.05, 0) is 40.8 Å². The van der Waals surface area contributed by atoms with Crippen molar-refractivity contribution in [2.45, 2.75) is 0 Å². The van der Waals surface area contributed by atoms with Gasteiger partial charge in [-0.1, -0.05) is 54.6 Å². The lowest BCUT2D eigenvalue weighted by Gasteiger charge is -2.13. The Labute approximate surface area is 220 Å². The second-order valence-electron chi connectivity index (χ2n) is 9.10. The van der Waals surface area contributed by atoms with Crippen LogP contribution in [-0.4, -0.2) is 26.8 Å². The molecule has 0 amide bonds. The fourth-order valence-electron chi connectivity index (χ4n) is 4.95. The van der Waals surface area contributed by atoms with Crippen molar-refractivity contribution >= 4 is 16.6 Å². The van der Waals surface area contributed by atoms with E-state index in [1.807, 2.05) is 84.5 Å². The third-order valence-corrected chi connectivity index (χ3v) is 6.90. The maximum atomic E-state index is 13.9. The molecule has 6 rings (SSSR count). The lowest BCUT2D eigenvalue weighted by atomic mass is 9.93. The molecule has 1 aliphatic rings. The number of ether oxygens (including phenoxy) is 4. The Kier molecular flexibility index (Phi) is 5.92. The number of fused-ring (bicyclic) bond motifs is 2. The van der Waals surface area contributed by atoms with E-state index in [4.69, 9.17) is 18.9 Å². The van der Waals surface area contributed by atoms with E-state index in [0.29, 0.717) is 34.1 Å². The van der Waals surface area contributed by atoms with Crippen LogP contribution in [0.2, 0.25) is 0 Å². The zero-order chi connectivity index (χ0) is 26.2. The summed E-state index contributed by atoms with van der Waals surface area (Å²) in [5.74, 6) is 2.40. The second-order valence-corrected chi connectivity index (χ2v) is 9.10. The SMILES string of the molecule is COc1ccc2cc(-c3cc4c(cc3C(=O)c3ccc(-c5ccccc5)cc3)OCO4)[n+](C)cc2c1OC. The van der Waals surface area contributed by atoms with E-state index >= 15 is 0 Å². The molecule has 0 spiro atoms. The minimum absolute atomic E-state index is 0.0923. The van der Waals surface area contributed by atoms with Crippen LogP contribution in [0.3, 0.4) is 0 Å². The Balaban J connectivity index is 1.47. The molecule has 0 fully saturated rings. The fraction of sp³-hybridized carbons (Fsp3) is 0.125. The molecule has 38 heavy (non-hydrogen) atoms. The van der Waals surface area contributed by atoms with Crippen LogP contribution in [0.4, 0.5) is 0 Å². The monoisotopic (exact) mass is 504 g/mol. The first kappa shape index (κ1) is 23.6. The molecule has 5 aromatic rings. The maximum Gasteiger partial charge on any atom is 0.231 e. The van der Waals surface area contributed by atoms with Gasteiger partial charge in [0.15, 0.2) is 35.0 Å². The summed E-state index contributed by atoms with van der Waals surface area (Å²) in [6.45, 7) is 0.124. The first-order chi connectivity index (χ1) is 18.6. The third kappa shape index (κ3) is 4.00. The summed E-state index contributed by atoms with van der Waals surface area (Å²) in [5, 5.41) is 1.86. The van der Waals surface area contributed by atoms with Gasteiger partial charge in [0, 0.05) is 17.2 Å². The normalized spacial score (nSPS) is 12.0. The number of aromatic nitrogens is 1. The lowest BCUT2D eigenvalue weighted by Crippen LogP contribution is -2.31. The predicted octanol–water partition coefficient (Wildman–Crippen LogP) is 5.98. The first-order valence-corrected chi connectivity index (χ1v) is 12.3. The zero-order valence-electron chi connectivity index (χ0n) is 21.4. The standard InChI is InChI=1S/C32H26NO5/c1-33-18-26-23(13-14-28(35-2)32(26)36-3)15-27(33)24-16-29-30(38-19-37-29)17-25(24)31(34)22-11-9-21(10-12-22)20-7-5-4-6-8-20/h4-18H,19H2,1-3H3/q+1. The minimum Gasteiger partial charge on any atom is -0.493 e. The van der Waals surface area contributed by atoms with E-state index in [1.54, 1.807) is 20.3 Å². The van der Waals surface area contributed by atoms with E-state index in [0.717, 1.165) is 33.2 Å². The molecule has 0 aliphatic carbocycles. The molecule has 0 N–H and O–H groups in total. The van der Waals surface area contributed by atoms with Crippen LogP contribution in [0.1, 0.15) is 15.9 Å². The fourth-order valence-corrected chi connectivity index (χ4v) is 4.95. The van der Waals surface area contributed by atoms with Crippen LogP contribution < -0.4 is 23.5 Å². The number of methoxy groups -OCH3 is 2. The van der Waals surface area contributed by atoms with Crippen LogP contribution in [0, 0.1) is 0 Å². The van der Waals surface area contributed by atoms with E-state index in [-0.39, 0.29) is 12.6 Å². The van der Waals surface area contributed by atoms with Gasteiger partial charge in [0.2, 0.25) is 12.5 Å². The molecule has 0 saturated carbocycles. The van der Waals surface area contributed by atoms with Crippen molar-refractivity contribution in [1.29, 1.82) is 0 Å². The molecule has 2 heterocycles. The van der Waals surface area contributed by atoms with Crippen molar-refractivity contribution in [1.82, 2.24) is 0 Å². The zero-order valence-corrected chi connectivity index (χ0v) is 21.4. The van der Waals surface area contributed by atoms with Crippen LogP contribution in [0.25, 0.3) is 33.2 Å². The maximum absolute atomic E-state index is 13.9. The number of pyridine rings is 1. The molecular weight excluding hydrogens is 478 g/mol. The van der Waals surface area contributed by atoms with Crippen molar-refractivity contribution in [3.05, 3.63) is 102 Å². The van der Waals surface area contributed by atoms with Crippen molar-refractivity contribution in [3.63, 3.8) is 0 Å². The number of carbonyl (C=O) groups is 1. The number of benzene rings is 4. The Morgan fingerprint density at radius 3 is 2.24 bits per heavy atom. The van der Waals surface area contributed by atoms with Gasteiger partial charge in [-0.3, -0.25) is 4.79 Å². The number of hydrogen-bond acceptors (Lipinski definition) is 5. The van der Waals surface area contributed by atoms with Crippen LogP contribution >= 0.6 is 0 Å². The summed E-state index contributed by atoms with van der Waals surface area (Å²) in [7, 11) is 5.19. The van der Waals surface area contributed by atoms with Gasteiger partial charge in [-0.15, -0.1) is 0 Å². The van der Waals surface area contributed by atoms with E-state index < -0.39 is 0 Å². The summed E-state index contributed by atoms with van der Waals surface area (Å²) < 4.78 is 24.4. The highest BCUT2D eigenvalue weighted by Crippen LogP contribution is 2.41. The number of carbonyl (C=O) groups excluding carboxylic acids is 1. The van der Waals surface area contributed by atoms with Gasteiger partial charge in [0.1, 0.15) is 7.05 Å². The molecule has 4 aromatic carbocycles. The van der Waals surface area contributed by atoms with Gasteiger partial charge in [0.05, 0.1) is 25.2 Å². The van der Waals surface area contributed by atoms with Gasteiger partial charge in [-0.2, -0.15) is 0 Å². The highest BCUT2D eigenvalue weighted by molar-refractivity contribution is 6.13. The van der Waals surface area contributed by atoms with E-state index in [2.05, 4.69) is 12.1 Å². The molecule has 1 aliphatic heterocycles. The summed E-state index contributed by atoms with van der Waals surface area (Å²) in [6, 6.07) is 27.4. The molecule has 0 saturated heterocycles. The summed E-state index contributed by atoms with van der Waals surface area (Å²) in [6.07, 6.45) is 1.99. The summed E-state index contributed by atoms with van der Waals surface area (Å²) >= 11 is 0. The number of nitrogens with zero attached hydrogens (tertiary/aromatic N) is 1. The average Bonchev–Trinajstić information content (AvgIpc) is 3.43. The Hall–Kier alpha value is -4.84. The largest absolute Gasteiger partial charge is 0.493 e. The molecule has 0 bridgehead atoms. The third-order valence-electron chi connectivity index (χ3n) is 6.90. The summed E-state index contributed by atoms with van der Waals surface area (Å²) in [5.41, 5.74) is 4.90. The van der Waals surface area contributed by atoms with Crippen molar-refractivity contribution in [3.8, 4) is 45.4 Å². The Morgan fingerprint density at radius 1 is 0.816 bits per heavy atom. The number of hydrogen-bond donors (Lipinski definition) is 0. The van der Waals surface area contributed by atoms with Crippen LogP contribution in [-0.2, 0) is 7.05 Å². The van der Waals surface area contributed by atoms with Crippen molar-refractivity contribution in [2.75, 3.05) is 21.0 Å². The van der Waals surface area contributed by atoms with Crippen molar-refractivity contribution in [2.24, 2.45) is 7.05 Å². The first-order valence-electron chi connectivity index (χ1n) is 12.3. The Bertz CT molecular complexity index is 1680.